The molecular weight excluding hydrogens is 180 g/mol. The van der Waals surface area contributed by atoms with Gasteiger partial charge in [-0.15, -0.1) is 0 Å². The first kappa shape index (κ1) is 9.77. The third-order valence-electron chi connectivity index (χ3n) is 2.98. The zero-order valence-corrected chi connectivity index (χ0v) is 8.33. The lowest BCUT2D eigenvalue weighted by Gasteiger charge is -2.11. The van der Waals surface area contributed by atoms with Crippen molar-refractivity contribution in [3.05, 3.63) is 0 Å². The molecule has 80 valence electrons. The maximum atomic E-state index is 11.2. The van der Waals surface area contributed by atoms with E-state index in [-0.39, 0.29) is 12.1 Å². The lowest BCUT2D eigenvalue weighted by Crippen LogP contribution is -2.39. The van der Waals surface area contributed by atoms with E-state index in [1.807, 2.05) is 0 Å². The van der Waals surface area contributed by atoms with E-state index in [4.69, 9.17) is 0 Å². The van der Waals surface area contributed by atoms with Crippen LogP contribution in [0.5, 0.6) is 0 Å². The van der Waals surface area contributed by atoms with Crippen LogP contribution in [0.1, 0.15) is 32.1 Å². The van der Waals surface area contributed by atoms with Crippen LogP contribution in [0.2, 0.25) is 0 Å². The van der Waals surface area contributed by atoms with Gasteiger partial charge in [0.2, 0.25) is 0 Å². The fraction of sp³-hybridized carbons (Fsp3) is 0.900. The van der Waals surface area contributed by atoms with Crippen molar-refractivity contribution < 1.29 is 9.90 Å². The van der Waals surface area contributed by atoms with E-state index in [0.717, 1.165) is 32.1 Å². The number of hydrogen-bond acceptors (Lipinski definition) is 2. The molecule has 2 saturated carbocycles. The topological polar surface area (TPSA) is 61.4 Å². The molecule has 4 nitrogen and oxygen atoms in total. The number of hydrogen-bond donors (Lipinski definition) is 3. The summed E-state index contributed by atoms with van der Waals surface area (Å²) < 4.78 is 0. The summed E-state index contributed by atoms with van der Waals surface area (Å²) in [6.45, 7) is 0.704. The van der Waals surface area contributed by atoms with E-state index in [1.165, 1.54) is 0 Å². The van der Waals surface area contributed by atoms with Crippen LogP contribution in [0.15, 0.2) is 0 Å². The summed E-state index contributed by atoms with van der Waals surface area (Å²) in [5.74, 6) is 0.468. The predicted octanol–water partition coefficient (Wildman–Crippen LogP) is 0.609. The quantitative estimate of drug-likeness (QED) is 0.622. The molecule has 2 aliphatic carbocycles. The van der Waals surface area contributed by atoms with E-state index in [0.29, 0.717) is 18.5 Å². The van der Waals surface area contributed by atoms with Crippen LogP contribution in [0.4, 0.5) is 4.79 Å². The Hall–Kier alpha value is -0.770. The van der Waals surface area contributed by atoms with Gasteiger partial charge in [-0.3, -0.25) is 0 Å². The molecule has 0 heterocycles. The molecule has 2 amide bonds. The van der Waals surface area contributed by atoms with Gasteiger partial charge in [-0.05, 0) is 38.0 Å². The van der Waals surface area contributed by atoms with Gasteiger partial charge in [-0.25, -0.2) is 4.79 Å². The van der Waals surface area contributed by atoms with E-state index < -0.39 is 0 Å². The van der Waals surface area contributed by atoms with Gasteiger partial charge in [0.15, 0.2) is 0 Å². The zero-order chi connectivity index (χ0) is 9.97. The van der Waals surface area contributed by atoms with Crippen molar-refractivity contribution in [2.24, 2.45) is 5.92 Å². The van der Waals surface area contributed by atoms with E-state index >= 15 is 0 Å². The normalized spacial score (nSPS) is 31.5. The first-order chi connectivity index (χ1) is 6.74. The summed E-state index contributed by atoms with van der Waals surface area (Å²) in [5, 5.41) is 15.0. The van der Waals surface area contributed by atoms with Gasteiger partial charge in [0.25, 0.3) is 0 Å². The van der Waals surface area contributed by atoms with Crippen LogP contribution < -0.4 is 10.6 Å². The SMILES string of the molecule is O=C(NCC1CCC(O)C1)NC1CC1. The molecule has 2 unspecified atom stereocenters. The monoisotopic (exact) mass is 198 g/mol. The highest BCUT2D eigenvalue weighted by Crippen LogP contribution is 2.24. The van der Waals surface area contributed by atoms with Gasteiger partial charge in [0.1, 0.15) is 0 Å². The fourth-order valence-corrected chi connectivity index (χ4v) is 1.94. The largest absolute Gasteiger partial charge is 0.393 e. The Kier molecular flexibility index (Phi) is 2.91. The second-order valence-electron chi connectivity index (χ2n) is 4.46. The minimum atomic E-state index is -0.145. The molecular formula is C10H18N2O2. The number of aliphatic hydroxyl groups excluding tert-OH is 1. The maximum Gasteiger partial charge on any atom is 0.315 e. The van der Waals surface area contributed by atoms with E-state index in [1.54, 1.807) is 0 Å². The molecule has 2 fully saturated rings. The fourth-order valence-electron chi connectivity index (χ4n) is 1.94. The van der Waals surface area contributed by atoms with Crippen molar-refractivity contribution in [2.45, 2.75) is 44.2 Å². The highest BCUT2D eigenvalue weighted by atomic mass is 16.3. The van der Waals surface area contributed by atoms with Crippen LogP contribution in [-0.2, 0) is 0 Å². The van der Waals surface area contributed by atoms with E-state index in [9.17, 15) is 9.90 Å². The summed E-state index contributed by atoms with van der Waals surface area (Å²) in [5.41, 5.74) is 0. The summed E-state index contributed by atoms with van der Waals surface area (Å²) >= 11 is 0. The highest BCUT2D eigenvalue weighted by molar-refractivity contribution is 5.74. The average Bonchev–Trinajstić information content (AvgIpc) is 2.85. The average molecular weight is 198 g/mol. The Morgan fingerprint density at radius 2 is 2.07 bits per heavy atom. The minimum absolute atomic E-state index is 0.0473. The van der Waals surface area contributed by atoms with Gasteiger partial charge in [-0.1, -0.05) is 0 Å². The number of urea groups is 1. The number of aliphatic hydroxyl groups is 1. The van der Waals surface area contributed by atoms with Crippen molar-refractivity contribution in [3.8, 4) is 0 Å². The van der Waals surface area contributed by atoms with Crippen molar-refractivity contribution in [1.82, 2.24) is 10.6 Å². The molecule has 0 aliphatic heterocycles. The molecule has 0 saturated heterocycles. The van der Waals surface area contributed by atoms with Crippen molar-refractivity contribution in [2.75, 3.05) is 6.54 Å². The lowest BCUT2D eigenvalue weighted by molar-refractivity contribution is 0.177. The zero-order valence-electron chi connectivity index (χ0n) is 8.33. The number of carbonyl (C=O) groups is 1. The van der Waals surface area contributed by atoms with Crippen LogP contribution in [0.3, 0.4) is 0 Å². The van der Waals surface area contributed by atoms with Gasteiger partial charge in [0, 0.05) is 12.6 Å². The number of amides is 2. The number of rotatable bonds is 3. The van der Waals surface area contributed by atoms with Gasteiger partial charge in [0.05, 0.1) is 6.10 Å². The third-order valence-corrected chi connectivity index (χ3v) is 2.98. The van der Waals surface area contributed by atoms with Gasteiger partial charge < -0.3 is 15.7 Å². The smallest absolute Gasteiger partial charge is 0.315 e. The van der Waals surface area contributed by atoms with Crippen LogP contribution in [0.25, 0.3) is 0 Å². The summed E-state index contributed by atoms with van der Waals surface area (Å²) in [6.07, 6.45) is 4.85. The molecule has 0 spiro atoms. The van der Waals surface area contributed by atoms with Crippen molar-refractivity contribution >= 4 is 6.03 Å². The molecule has 14 heavy (non-hydrogen) atoms. The highest BCUT2D eigenvalue weighted by Gasteiger charge is 2.25. The van der Waals surface area contributed by atoms with Gasteiger partial charge in [-0.2, -0.15) is 0 Å². The Morgan fingerprint density at radius 1 is 1.29 bits per heavy atom. The molecule has 2 aliphatic rings. The molecule has 0 radical (unpaired) electrons. The van der Waals surface area contributed by atoms with Crippen molar-refractivity contribution in [3.63, 3.8) is 0 Å². The first-order valence-electron chi connectivity index (χ1n) is 5.46. The molecule has 0 aromatic heterocycles. The van der Waals surface area contributed by atoms with Crippen LogP contribution in [-0.4, -0.2) is 29.8 Å². The summed E-state index contributed by atoms with van der Waals surface area (Å²) in [4.78, 5) is 11.2. The number of nitrogens with one attached hydrogen (secondary N) is 2. The summed E-state index contributed by atoms with van der Waals surface area (Å²) in [7, 11) is 0. The second kappa shape index (κ2) is 4.17. The predicted molar refractivity (Wildman–Crippen MR) is 52.9 cm³/mol. The number of carbonyl (C=O) groups excluding carboxylic acids is 1. The van der Waals surface area contributed by atoms with E-state index in [2.05, 4.69) is 10.6 Å². The van der Waals surface area contributed by atoms with Gasteiger partial charge >= 0.3 is 6.03 Å². The molecule has 4 heteroatoms. The second-order valence-corrected chi connectivity index (χ2v) is 4.46. The molecule has 0 aromatic rings. The first-order valence-corrected chi connectivity index (χ1v) is 5.46. The third kappa shape index (κ3) is 2.87. The van der Waals surface area contributed by atoms with Crippen LogP contribution >= 0.6 is 0 Å². The molecule has 0 bridgehead atoms. The molecule has 0 aromatic carbocycles. The Balaban J connectivity index is 1.59. The van der Waals surface area contributed by atoms with Crippen molar-refractivity contribution in [1.29, 1.82) is 0 Å². The molecule has 3 N–H and O–H groups in total. The van der Waals surface area contributed by atoms with Crippen LogP contribution in [0, 0.1) is 5.92 Å². The Bertz CT molecular complexity index is 216. The lowest BCUT2D eigenvalue weighted by atomic mass is 10.1. The molecule has 2 atom stereocenters. The standard InChI is InChI=1S/C10H18N2O2/c13-9-4-1-7(5-9)6-11-10(14)12-8-2-3-8/h7-9,13H,1-6H2,(H2,11,12,14). The summed E-state index contributed by atoms with van der Waals surface area (Å²) in [6, 6.07) is 0.373. The minimum Gasteiger partial charge on any atom is -0.393 e. The Labute approximate surface area is 84.1 Å². The maximum absolute atomic E-state index is 11.2. The Morgan fingerprint density at radius 3 is 2.64 bits per heavy atom. The molecule has 2 rings (SSSR count).